The van der Waals surface area contributed by atoms with Crippen molar-refractivity contribution in [2.24, 2.45) is 5.41 Å². The van der Waals surface area contributed by atoms with Crippen LogP contribution in [0.15, 0.2) is 0 Å². The maximum atomic E-state index is 11.8. The van der Waals surface area contributed by atoms with Gasteiger partial charge in [-0.1, -0.05) is 32.5 Å². The quantitative estimate of drug-likeness (QED) is 0.419. The fourth-order valence-corrected chi connectivity index (χ4v) is 2.79. The zero-order valence-corrected chi connectivity index (χ0v) is 14.7. The number of amides is 1. The number of hydrogen-bond donors (Lipinski definition) is 4. The first-order valence-corrected chi connectivity index (χ1v) is 9.32. The highest BCUT2D eigenvalue weighted by atomic mass is 32.2. The summed E-state index contributed by atoms with van der Waals surface area (Å²) >= 11 is 0.807. The van der Waals surface area contributed by atoms with E-state index in [2.05, 4.69) is 9.84 Å². The Kier molecular flexibility index (Phi) is 9.45. The molecule has 22 heavy (non-hydrogen) atoms. The molecule has 0 saturated carbocycles. The summed E-state index contributed by atoms with van der Waals surface area (Å²) in [6, 6.07) is 0. The van der Waals surface area contributed by atoms with Crippen LogP contribution in [0.2, 0.25) is 0 Å². The van der Waals surface area contributed by atoms with E-state index in [4.69, 9.17) is 9.79 Å². The summed E-state index contributed by atoms with van der Waals surface area (Å²) < 4.78 is 15.0. The summed E-state index contributed by atoms with van der Waals surface area (Å²) in [5, 5.41) is 12.0. The molecule has 0 aliphatic rings. The maximum Gasteiger partial charge on any atom is 0.469 e. The van der Waals surface area contributed by atoms with Crippen LogP contribution in [0, 0.1) is 5.41 Å². The van der Waals surface area contributed by atoms with Crippen LogP contribution in [0.5, 0.6) is 0 Å². The van der Waals surface area contributed by atoms with Crippen molar-refractivity contribution in [1.82, 2.24) is 5.32 Å². The van der Waals surface area contributed by atoms with Gasteiger partial charge in [-0.3, -0.25) is 14.1 Å². The number of carbonyl (C=O) groups excluding carboxylic acids is 2. The fraction of sp³-hybridized carbons (Fsp3) is 0.833. The van der Waals surface area contributed by atoms with E-state index in [1.807, 2.05) is 6.92 Å². The average Bonchev–Trinajstić information content (AvgIpc) is 2.41. The summed E-state index contributed by atoms with van der Waals surface area (Å²) in [5.74, 6) is 0.0571. The second kappa shape index (κ2) is 9.64. The molecule has 0 saturated heterocycles. The van der Waals surface area contributed by atoms with Crippen molar-refractivity contribution in [3.8, 4) is 0 Å². The molecule has 1 amide bonds. The maximum absolute atomic E-state index is 11.8. The number of thioether (sulfide) groups is 1. The molecule has 0 aliphatic heterocycles. The standard InChI is InChI=1S/C12H24NO7PS/c1-4-6-13-9(14)5-7-22-11(16)10(15)12(2,3)8-20-21(17,18)19/h10,15H,4-8H2,1-3H3,(H,13,14)(H2,17,18,19)/t10-/m0/s1. The Bertz CT molecular complexity index is 424. The van der Waals surface area contributed by atoms with Gasteiger partial charge in [-0.2, -0.15) is 0 Å². The van der Waals surface area contributed by atoms with E-state index in [-0.39, 0.29) is 18.1 Å². The highest BCUT2D eigenvalue weighted by molar-refractivity contribution is 8.13. The molecule has 0 spiro atoms. The molecular weight excluding hydrogens is 333 g/mol. The van der Waals surface area contributed by atoms with E-state index in [0.29, 0.717) is 6.54 Å². The van der Waals surface area contributed by atoms with Crippen molar-refractivity contribution in [3.63, 3.8) is 0 Å². The molecule has 0 heterocycles. The summed E-state index contributed by atoms with van der Waals surface area (Å²) in [6.07, 6.45) is -0.477. The van der Waals surface area contributed by atoms with E-state index in [0.717, 1.165) is 18.2 Å². The van der Waals surface area contributed by atoms with Crippen molar-refractivity contribution >= 4 is 30.6 Å². The van der Waals surface area contributed by atoms with Gasteiger partial charge >= 0.3 is 7.82 Å². The lowest BCUT2D eigenvalue weighted by atomic mass is 9.88. The third-order valence-electron chi connectivity index (χ3n) is 2.71. The van der Waals surface area contributed by atoms with Gasteiger partial charge < -0.3 is 20.2 Å². The molecule has 0 rings (SSSR count). The molecule has 0 bridgehead atoms. The molecule has 0 aromatic rings. The predicted octanol–water partition coefficient (Wildman–Crippen LogP) is 0.659. The fourth-order valence-electron chi connectivity index (χ4n) is 1.32. The van der Waals surface area contributed by atoms with E-state index in [1.165, 1.54) is 13.8 Å². The number of rotatable bonds is 10. The molecular formula is C12H24NO7PS. The van der Waals surface area contributed by atoms with E-state index >= 15 is 0 Å². The predicted molar refractivity (Wildman–Crippen MR) is 83.2 cm³/mol. The Morgan fingerprint density at radius 3 is 2.45 bits per heavy atom. The number of phosphoric acid groups is 1. The number of carbonyl (C=O) groups is 2. The van der Waals surface area contributed by atoms with Crippen LogP contribution >= 0.6 is 19.6 Å². The minimum absolute atomic E-state index is 0.155. The van der Waals surface area contributed by atoms with Gasteiger partial charge in [-0.25, -0.2) is 4.57 Å². The van der Waals surface area contributed by atoms with Crippen LogP contribution in [-0.2, 0) is 18.7 Å². The highest BCUT2D eigenvalue weighted by Crippen LogP contribution is 2.39. The van der Waals surface area contributed by atoms with Crippen molar-refractivity contribution in [2.75, 3.05) is 18.9 Å². The van der Waals surface area contributed by atoms with Gasteiger partial charge in [0.2, 0.25) is 11.0 Å². The van der Waals surface area contributed by atoms with Gasteiger partial charge in [0, 0.05) is 24.1 Å². The SMILES string of the molecule is CCCNC(=O)CCSC(=O)[C@H](O)C(C)(C)COP(=O)(O)O. The van der Waals surface area contributed by atoms with Crippen LogP contribution in [0.3, 0.4) is 0 Å². The van der Waals surface area contributed by atoms with Crippen LogP contribution in [0.25, 0.3) is 0 Å². The minimum atomic E-state index is -4.66. The lowest BCUT2D eigenvalue weighted by Gasteiger charge is -2.28. The minimum Gasteiger partial charge on any atom is -0.384 e. The number of nitrogens with one attached hydrogen (secondary N) is 1. The van der Waals surface area contributed by atoms with Crippen LogP contribution in [0.4, 0.5) is 0 Å². The van der Waals surface area contributed by atoms with Gasteiger partial charge in [-0.15, -0.1) is 0 Å². The van der Waals surface area contributed by atoms with Crippen LogP contribution in [0.1, 0.15) is 33.6 Å². The van der Waals surface area contributed by atoms with Crippen molar-refractivity contribution in [2.45, 2.75) is 39.7 Å². The van der Waals surface area contributed by atoms with Crippen molar-refractivity contribution in [3.05, 3.63) is 0 Å². The van der Waals surface area contributed by atoms with Gasteiger partial charge in [0.25, 0.3) is 0 Å². The Balaban J connectivity index is 4.24. The first-order chi connectivity index (χ1) is 9.99. The molecule has 0 radical (unpaired) electrons. The largest absolute Gasteiger partial charge is 0.469 e. The van der Waals surface area contributed by atoms with Crippen molar-refractivity contribution in [1.29, 1.82) is 0 Å². The number of aliphatic hydroxyl groups is 1. The third-order valence-corrected chi connectivity index (χ3v) is 4.10. The number of hydrogen-bond acceptors (Lipinski definition) is 6. The molecule has 0 unspecified atom stereocenters. The Hall–Kier alpha value is -0.440. The van der Waals surface area contributed by atoms with Gasteiger partial charge in [0.1, 0.15) is 6.10 Å². The third kappa shape index (κ3) is 9.55. The van der Waals surface area contributed by atoms with Crippen molar-refractivity contribution < 1.29 is 33.6 Å². The lowest BCUT2D eigenvalue weighted by Crippen LogP contribution is -2.38. The molecule has 4 N–H and O–H groups in total. The Morgan fingerprint density at radius 1 is 1.36 bits per heavy atom. The summed E-state index contributed by atoms with van der Waals surface area (Å²) in [6.45, 7) is 4.95. The molecule has 130 valence electrons. The van der Waals surface area contributed by atoms with Gasteiger partial charge in [0.05, 0.1) is 6.61 Å². The summed E-state index contributed by atoms with van der Waals surface area (Å²) in [5.41, 5.74) is -1.16. The molecule has 1 atom stereocenters. The molecule has 0 fully saturated rings. The van der Waals surface area contributed by atoms with Gasteiger partial charge in [-0.05, 0) is 6.42 Å². The lowest BCUT2D eigenvalue weighted by molar-refractivity contribution is -0.125. The number of phosphoric ester groups is 1. The molecule has 10 heteroatoms. The highest BCUT2D eigenvalue weighted by Gasteiger charge is 2.36. The smallest absolute Gasteiger partial charge is 0.384 e. The second-order valence-corrected chi connectivity index (χ2v) is 7.76. The molecule has 0 aromatic carbocycles. The van der Waals surface area contributed by atoms with E-state index < -0.39 is 31.1 Å². The topological polar surface area (TPSA) is 133 Å². The van der Waals surface area contributed by atoms with E-state index in [1.54, 1.807) is 0 Å². The first kappa shape index (κ1) is 21.6. The summed E-state index contributed by atoms with van der Waals surface area (Å²) in [4.78, 5) is 40.5. The second-order valence-electron chi connectivity index (χ2n) is 5.42. The Labute approximate surface area is 134 Å². The summed E-state index contributed by atoms with van der Waals surface area (Å²) in [7, 11) is -4.66. The average molecular weight is 357 g/mol. The van der Waals surface area contributed by atoms with Gasteiger partial charge in [0.15, 0.2) is 0 Å². The van der Waals surface area contributed by atoms with E-state index in [9.17, 15) is 19.3 Å². The zero-order valence-electron chi connectivity index (χ0n) is 12.9. The monoisotopic (exact) mass is 357 g/mol. The first-order valence-electron chi connectivity index (χ1n) is 6.81. The van der Waals surface area contributed by atoms with Crippen LogP contribution in [-0.4, -0.2) is 50.9 Å². The Morgan fingerprint density at radius 2 is 1.95 bits per heavy atom. The zero-order chi connectivity index (χ0) is 17.4. The number of aliphatic hydroxyl groups excluding tert-OH is 1. The molecule has 8 nitrogen and oxygen atoms in total. The molecule has 0 aromatic heterocycles. The molecule has 0 aliphatic carbocycles. The normalized spacial score (nSPS) is 13.7. The van der Waals surface area contributed by atoms with Crippen LogP contribution < -0.4 is 5.32 Å².